The van der Waals surface area contributed by atoms with Crippen molar-refractivity contribution in [2.75, 3.05) is 31.3 Å². The number of Topliss-reactive ketones (excluding diaryl/α,β-unsaturated/α-hetero) is 1. The molecule has 6 nitrogen and oxygen atoms in total. The smallest absolute Gasteiger partial charge is 0.189 e. The number of benzene rings is 1. The van der Waals surface area contributed by atoms with E-state index in [1.54, 1.807) is 0 Å². The van der Waals surface area contributed by atoms with Crippen LogP contribution in [0.3, 0.4) is 0 Å². The number of nitrogens with zero attached hydrogens (tertiary/aromatic N) is 1. The third-order valence-electron chi connectivity index (χ3n) is 14.1. The van der Waals surface area contributed by atoms with Crippen molar-refractivity contribution in [1.82, 2.24) is 5.32 Å². The number of nitrogens with two attached hydrogens (primary N) is 1. The van der Waals surface area contributed by atoms with Crippen LogP contribution < -0.4 is 11.1 Å². The van der Waals surface area contributed by atoms with E-state index < -0.39 is 0 Å². The molecule has 7 atom stereocenters. The highest BCUT2D eigenvalue weighted by Gasteiger charge is 2.69. The fraction of sp³-hybridized carbons (Fsp3) is 0.744. The lowest BCUT2D eigenvalue weighted by Crippen LogP contribution is -2.61. The van der Waals surface area contributed by atoms with Gasteiger partial charge in [0.25, 0.3) is 0 Å². The number of hydrogen-bond donors (Lipinski definition) is 4. The average Bonchev–Trinajstić information content (AvgIpc) is 3.41. The topological polar surface area (TPSA) is 108 Å². The first kappa shape index (κ1) is 34.0. The van der Waals surface area contributed by atoms with Crippen molar-refractivity contribution >= 4 is 33.3 Å². The van der Waals surface area contributed by atoms with Crippen LogP contribution in [0.15, 0.2) is 40.4 Å². The summed E-state index contributed by atoms with van der Waals surface area (Å²) in [6, 6.07) is 9.41. The van der Waals surface area contributed by atoms with Gasteiger partial charge in [-0.25, -0.2) is 0 Å². The Morgan fingerprint density at radius 3 is 2.77 bits per heavy atom. The molecule has 2 spiro atoms. The summed E-state index contributed by atoms with van der Waals surface area (Å²) >= 11 is 0. The molecule has 2 heterocycles. The number of carbonyl (C=O) groups is 1. The van der Waals surface area contributed by atoms with Crippen molar-refractivity contribution in [2.24, 2.45) is 45.2 Å². The van der Waals surface area contributed by atoms with E-state index in [0.29, 0.717) is 35.9 Å². The van der Waals surface area contributed by atoms with Crippen LogP contribution in [0.5, 0.6) is 0 Å². The molecule has 0 radical (unpaired) electrons. The molecular weight excluding hydrogens is 623 g/mol. The Hall–Kier alpha value is -1.48. The molecule has 258 valence electrons. The van der Waals surface area contributed by atoms with E-state index in [1.165, 1.54) is 48.8 Å². The lowest BCUT2D eigenvalue weighted by molar-refractivity contribution is -0.125. The lowest BCUT2D eigenvalue weighted by Gasteiger charge is -2.57. The summed E-state index contributed by atoms with van der Waals surface area (Å²) in [7, 11) is 4.01. The normalized spacial score (nSPS) is 38.0. The first-order valence-electron chi connectivity index (χ1n) is 18.7. The van der Waals surface area contributed by atoms with E-state index in [0.717, 1.165) is 81.4 Å². The maximum atomic E-state index is 14.1. The van der Waals surface area contributed by atoms with Crippen molar-refractivity contribution in [3.05, 3.63) is 46.5 Å². The summed E-state index contributed by atoms with van der Waals surface area (Å²) in [4.78, 5) is 18.9. The number of rotatable bonds is 7. The molecule has 2 aliphatic heterocycles. The predicted octanol–water partition coefficient (Wildman–Crippen LogP) is 7.19. The van der Waals surface area contributed by atoms with Gasteiger partial charge >= 0.3 is 0 Å². The fourth-order valence-electron chi connectivity index (χ4n) is 11.6. The van der Waals surface area contributed by atoms with Crippen molar-refractivity contribution in [1.29, 1.82) is 0 Å². The van der Waals surface area contributed by atoms with Crippen LogP contribution >= 0.6 is 21.6 Å². The summed E-state index contributed by atoms with van der Waals surface area (Å²) in [5, 5.41) is 24.2. The summed E-state index contributed by atoms with van der Waals surface area (Å²) in [6.07, 6.45) is 15.8. The molecule has 3 fully saturated rings. The number of aliphatic hydroxyl groups excluding tert-OH is 2. The van der Waals surface area contributed by atoms with Crippen LogP contribution in [-0.2, 0) is 11.2 Å². The van der Waals surface area contributed by atoms with Crippen LogP contribution in [0.4, 0.5) is 0 Å². The monoisotopic (exact) mass is 679 g/mol. The Morgan fingerprint density at radius 1 is 1.11 bits per heavy atom. The SMILES string of the molecule is CC12CCSSCC3(CCCC4=C5CC1CC(CO)C(CCCO)C52CC4=O)NC(N)=NCC3Cc1cccc(C2CCCCC2)c1. The zero-order valence-electron chi connectivity index (χ0n) is 28.5. The molecular formula is C39H57N3O3S2. The van der Waals surface area contributed by atoms with Gasteiger partial charge in [0.15, 0.2) is 11.7 Å². The van der Waals surface area contributed by atoms with E-state index in [9.17, 15) is 15.0 Å². The highest BCUT2D eigenvalue weighted by Crippen LogP contribution is 2.75. The van der Waals surface area contributed by atoms with Gasteiger partial charge in [-0.3, -0.25) is 9.79 Å². The number of ketones is 1. The van der Waals surface area contributed by atoms with Crippen LogP contribution in [-0.4, -0.2) is 58.8 Å². The summed E-state index contributed by atoms with van der Waals surface area (Å²) in [5.41, 5.74) is 11.7. The third kappa shape index (κ3) is 6.03. The van der Waals surface area contributed by atoms with Crippen molar-refractivity contribution in [3.63, 3.8) is 0 Å². The highest BCUT2D eigenvalue weighted by atomic mass is 33.1. The van der Waals surface area contributed by atoms with Gasteiger partial charge < -0.3 is 21.3 Å². The van der Waals surface area contributed by atoms with Crippen LogP contribution in [0.1, 0.15) is 114 Å². The van der Waals surface area contributed by atoms with Gasteiger partial charge in [0.05, 0.1) is 5.54 Å². The maximum Gasteiger partial charge on any atom is 0.189 e. The van der Waals surface area contributed by atoms with Gasteiger partial charge in [-0.2, -0.15) is 0 Å². The molecule has 4 aliphatic carbocycles. The second-order valence-electron chi connectivity index (χ2n) is 16.2. The van der Waals surface area contributed by atoms with E-state index in [2.05, 4.69) is 36.5 Å². The molecule has 8 heteroatoms. The lowest BCUT2D eigenvalue weighted by atomic mass is 9.47. The van der Waals surface area contributed by atoms with E-state index >= 15 is 0 Å². The first-order chi connectivity index (χ1) is 22.8. The second-order valence-corrected chi connectivity index (χ2v) is 18.8. The highest BCUT2D eigenvalue weighted by molar-refractivity contribution is 8.76. The fourth-order valence-corrected chi connectivity index (χ4v) is 14.5. The molecule has 6 aliphatic rings. The second kappa shape index (κ2) is 14.0. The minimum absolute atomic E-state index is 0.0525. The third-order valence-corrected chi connectivity index (χ3v) is 16.6. The molecule has 7 rings (SSSR count). The standard InChI is InChI=1S/C39H57N3O3S2/c1-37-15-17-46-47-25-38(31(23-41-36(40)42-38)19-26-8-5-11-28(18-26)27-9-3-2-4-10-27)14-6-12-32-34-21-30(37)20-29(24-44)33(13-7-16-43)39(34,37)22-35(32)45/h5,8,11,18,27,29-31,33,43-44H,2-4,6-7,9-10,12-17,19-25H2,1H3,(H3,40,41,42). The molecule has 5 N–H and O–H groups in total. The summed E-state index contributed by atoms with van der Waals surface area (Å²) < 4.78 is 0. The summed E-state index contributed by atoms with van der Waals surface area (Å²) in [6.45, 7) is 3.59. The Balaban J connectivity index is 1.18. The van der Waals surface area contributed by atoms with Gasteiger partial charge in [-0.1, -0.05) is 77.6 Å². The quantitative estimate of drug-likeness (QED) is 0.226. The van der Waals surface area contributed by atoms with Crippen LogP contribution in [0, 0.1) is 34.5 Å². The van der Waals surface area contributed by atoms with E-state index in [-0.39, 0.29) is 41.4 Å². The number of guanidine groups is 1. The Bertz CT molecular complexity index is 1380. The van der Waals surface area contributed by atoms with Gasteiger partial charge in [-0.05, 0) is 116 Å². The van der Waals surface area contributed by atoms with Gasteiger partial charge in [-0.15, -0.1) is 0 Å². The predicted molar refractivity (Wildman–Crippen MR) is 196 cm³/mol. The first-order valence-corrected chi connectivity index (χ1v) is 21.2. The molecule has 47 heavy (non-hydrogen) atoms. The number of carbonyl (C=O) groups excluding carboxylic acids is 1. The number of aliphatic hydroxyl groups is 2. The molecule has 0 amide bonds. The Labute approximate surface area is 290 Å². The van der Waals surface area contributed by atoms with Gasteiger partial charge in [0.1, 0.15) is 0 Å². The minimum Gasteiger partial charge on any atom is -0.396 e. The summed E-state index contributed by atoms with van der Waals surface area (Å²) in [5.74, 6) is 4.98. The number of aliphatic imine (C=N–C) groups is 1. The van der Waals surface area contributed by atoms with E-state index in [1.807, 2.05) is 21.6 Å². The zero-order chi connectivity index (χ0) is 32.6. The zero-order valence-corrected chi connectivity index (χ0v) is 30.1. The molecule has 0 aromatic heterocycles. The number of allylic oxidation sites excluding steroid dienone is 2. The molecule has 3 saturated carbocycles. The minimum atomic E-state index is -0.173. The number of nitrogens with one attached hydrogen (secondary N) is 1. The molecule has 7 unspecified atom stereocenters. The molecule has 0 saturated heterocycles. The van der Waals surface area contributed by atoms with Gasteiger partial charge in [0.2, 0.25) is 0 Å². The van der Waals surface area contributed by atoms with Crippen molar-refractivity contribution in [2.45, 2.75) is 115 Å². The average molecular weight is 680 g/mol. The molecule has 1 aromatic rings. The largest absolute Gasteiger partial charge is 0.396 e. The van der Waals surface area contributed by atoms with Crippen LogP contribution in [0.2, 0.25) is 0 Å². The molecule has 1 aromatic carbocycles. The van der Waals surface area contributed by atoms with Crippen LogP contribution in [0.25, 0.3) is 0 Å². The van der Waals surface area contributed by atoms with Crippen molar-refractivity contribution < 1.29 is 15.0 Å². The number of hydrogen-bond acceptors (Lipinski definition) is 8. The molecule has 5 bridgehead atoms. The van der Waals surface area contributed by atoms with Crippen molar-refractivity contribution in [3.8, 4) is 0 Å². The van der Waals surface area contributed by atoms with Gasteiger partial charge in [0, 0.05) is 49.0 Å². The Kier molecular flexibility index (Phi) is 10.1. The maximum absolute atomic E-state index is 14.1. The van der Waals surface area contributed by atoms with E-state index in [4.69, 9.17) is 10.7 Å². The Morgan fingerprint density at radius 2 is 1.96 bits per heavy atom.